The Bertz CT molecular complexity index is 2340. The number of furan rings is 2. The molecule has 10 rings (SSSR count). The van der Waals surface area contributed by atoms with E-state index < -0.39 is 0 Å². The van der Waals surface area contributed by atoms with E-state index in [4.69, 9.17) is 19.0 Å². The Balaban J connectivity index is 0.000000269. The van der Waals surface area contributed by atoms with Gasteiger partial charge in [0.25, 0.3) is 0 Å². The zero-order chi connectivity index (χ0) is 40.6. The van der Waals surface area contributed by atoms with E-state index >= 15 is 0 Å². The normalized spacial score (nSPS) is 9.25. The van der Waals surface area contributed by atoms with Crippen LogP contribution in [0.25, 0.3) is 67.0 Å². The quantitative estimate of drug-likeness (QED) is 0.167. The minimum absolute atomic E-state index is 0. The van der Waals surface area contributed by atoms with Crippen LogP contribution in [-0.4, -0.2) is 44.4 Å². The predicted octanol–water partition coefficient (Wildman–Crippen LogP) is 11.7. The first-order chi connectivity index (χ1) is 28.8. The van der Waals surface area contributed by atoms with Crippen molar-refractivity contribution in [3.8, 4) is 45.0 Å². The smallest absolute Gasteiger partial charge is 0.137 e. The molecule has 2 radical (unpaired) electrons. The number of fused-ring (bicyclic) bond motifs is 2. The average molecular weight is 1160 g/mol. The molecule has 0 aliphatic carbocycles. The molecule has 314 valence electrons. The van der Waals surface area contributed by atoms with Crippen LogP contribution in [0.15, 0.2) is 210 Å². The van der Waals surface area contributed by atoms with Crippen LogP contribution in [0.5, 0.6) is 0 Å². The Labute approximate surface area is 384 Å². The Hall–Kier alpha value is -6.22. The van der Waals surface area contributed by atoms with Crippen molar-refractivity contribution >= 4 is 21.9 Å². The number of aromatic nitrogens is 4. The molecule has 0 amide bonds. The van der Waals surface area contributed by atoms with E-state index in [1.165, 1.54) is 0 Å². The summed E-state index contributed by atoms with van der Waals surface area (Å²) in [6.07, 6.45) is 10.5. The van der Waals surface area contributed by atoms with Crippen molar-refractivity contribution in [2.24, 2.45) is 0 Å². The molecule has 2 N–H and O–H groups in total. The first-order valence-electron chi connectivity index (χ1n) is 18.2. The van der Waals surface area contributed by atoms with Gasteiger partial charge in [0.1, 0.15) is 11.2 Å². The van der Waals surface area contributed by atoms with Crippen LogP contribution >= 0.6 is 0 Å². The largest absolute Gasteiger partial charge is 0.465 e. The SMILES string of the molecule is C.CO.CO.[Ir].[Ir].[c-]1ccccc1-c1ccccn1.[c-]1ccccc1-c1ccccn1.[c-]1ccccc1-c1nccc2occc12.c1ccc(-c2nccc3occc23)cc1. The van der Waals surface area contributed by atoms with Crippen LogP contribution in [0.4, 0.5) is 0 Å². The first-order valence-corrected chi connectivity index (χ1v) is 18.2. The van der Waals surface area contributed by atoms with Crippen LogP contribution in [0, 0.1) is 18.2 Å². The topological polar surface area (TPSA) is 118 Å². The van der Waals surface area contributed by atoms with E-state index in [1.54, 1.807) is 37.3 Å². The van der Waals surface area contributed by atoms with Crippen molar-refractivity contribution in [1.29, 1.82) is 0 Å². The van der Waals surface area contributed by atoms with Gasteiger partial charge in [-0.1, -0.05) is 62.0 Å². The molecule has 0 saturated heterocycles. The number of hydrogen-bond donors (Lipinski definition) is 2. The molecule has 6 heterocycles. The zero-order valence-electron chi connectivity index (χ0n) is 32.7. The molecule has 10 heteroatoms. The van der Waals surface area contributed by atoms with E-state index in [0.717, 1.165) is 81.2 Å². The molecule has 0 saturated carbocycles. The Morgan fingerprint density at radius 1 is 0.393 bits per heavy atom. The standard InChI is InChI=1S/C13H9NO.C13H8NO.2C11H8N.2CH4O.CH4.2Ir/c2*1-2-4-10(5-3-1)13-11-7-9-15-12(11)6-8-14-13;2*1-2-6-10(7-3-1)11-8-4-5-9-12-11;2*1-2;;;/h1-9H;1-4,6-9H;2*1-6,8-9H;2*2H,1H3;1H4;;/q;3*-1;;;;;. The summed E-state index contributed by atoms with van der Waals surface area (Å²) in [5, 5.41) is 16.1. The molecule has 8 nitrogen and oxygen atoms in total. The fraction of sp³-hybridized carbons (Fsp3) is 0.0588. The fourth-order valence-corrected chi connectivity index (χ4v) is 5.52. The Morgan fingerprint density at radius 3 is 1.23 bits per heavy atom. The summed E-state index contributed by atoms with van der Waals surface area (Å²) in [6, 6.07) is 62.3. The number of rotatable bonds is 4. The summed E-state index contributed by atoms with van der Waals surface area (Å²) < 4.78 is 10.7. The fourth-order valence-electron chi connectivity index (χ4n) is 5.52. The molecular weight excluding hydrogens is 1120 g/mol. The van der Waals surface area contributed by atoms with Crippen LogP contribution in [0.1, 0.15) is 7.43 Å². The average Bonchev–Trinajstić information content (AvgIpc) is 4.04. The Morgan fingerprint density at radius 2 is 0.803 bits per heavy atom. The van der Waals surface area contributed by atoms with Gasteiger partial charge < -0.3 is 34.0 Å². The summed E-state index contributed by atoms with van der Waals surface area (Å²) in [6.45, 7) is 0. The molecular formula is C51H45Ir2N4O4-3. The monoisotopic (exact) mass is 1160 g/mol. The van der Waals surface area contributed by atoms with Gasteiger partial charge in [-0.2, -0.15) is 0 Å². The van der Waals surface area contributed by atoms with Crippen LogP contribution in [0.2, 0.25) is 0 Å². The third-order valence-corrected chi connectivity index (χ3v) is 8.07. The number of aliphatic hydroxyl groups excluding tert-OH is 2. The van der Waals surface area contributed by atoms with E-state index in [1.807, 2.05) is 152 Å². The van der Waals surface area contributed by atoms with E-state index in [2.05, 4.69) is 50.3 Å². The summed E-state index contributed by atoms with van der Waals surface area (Å²) in [4.78, 5) is 17.2. The molecule has 0 aliphatic rings. The van der Waals surface area contributed by atoms with Gasteiger partial charge in [-0.15, -0.1) is 108 Å². The van der Waals surface area contributed by atoms with Crippen LogP contribution < -0.4 is 0 Å². The maximum atomic E-state index is 7.00. The molecule has 0 spiro atoms. The third-order valence-electron chi connectivity index (χ3n) is 8.07. The van der Waals surface area contributed by atoms with Crippen molar-refractivity contribution in [3.05, 3.63) is 219 Å². The zero-order valence-corrected chi connectivity index (χ0v) is 37.5. The van der Waals surface area contributed by atoms with E-state index in [-0.39, 0.29) is 47.6 Å². The van der Waals surface area contributed by atoms with Gasteiger partial charge >= 0.3 is 0 Å². The van der Waals surface area contributed by atoms with Crippen molar-refractivity contribution in [3.63, 3.8) is 0 Å². The molecule has 10 aromatic rings. The van der Waals surface area contributed by atoms with Crippen LogP contribution in [-0.2, 0) is 40.2 Å². The predicted molar refractivity (Wildman–Crippen MR) is 238 cm³/mol. The second-order valence-electron chi connectivity index (χ2n) is 11.6. The van der Waals surface area contributed by atoms with Gasteiger partial charge in [0, 0.05) is 95.6 Å². The number of benzene rings is 4. The third kappa shape index (κ3) is 15.1. The molecule has 0 fully saturated rings. The molecule has 4 aromatic carbocycles. The molecule has 61 heavy (non-hydrogen) atoms. The van der Waals surface area contributed by atoms with Gasteiger partial charge in [-0.25, -0.2) is 0 Å². The van der Waals surface area contributed by atoms with Gasteiger partial charge in [0.15, 0.2) is 0 Å². The number of nitrogens with zero attached hydrogens (tertiary/aromatic N) is 4. The molecule has 0 unspecified atom stereocenters. The van der Waals surface area contributed by atoms with Crippen molar-refractivity contribution in [2.75, 3.05) is 14.2 Å². The number of hydrogen-bond acceptors (Lipinski definition) is 8. The first kappa shape index (κ1) is 50.9. The van der Waals surface area contributed by atoms with E-state index in [0.29, 0.717) is 0 Å². The summed E-state index contributed by atoms with van der Waals surface area (Å²) in [5.74, 6) is 0. The van der Waals surface area contributed by atoms with Gasteiger partial charge in [0.05, 0.1) is 18.2 Å². The van der Waals surface area contributed by atoms with Crippen molar-refractivity contribution < 1.29 is 59.3 Å². The minimum atomic E-state index is 0. The van der Waals surface area contributed by atoms with E-state index in [9.17, 15) is 0 Å². The van der Waals surface area contributed by atoms with Gasteiger partial charge in [-0.3, -0.25) is 4.98 Å². The maximum Gasteiger partial charge on any atom is 0.137 e. The minimum Gasteiger partial charge on any atom is -0.465 e. The second kappa shape index (κ2) is 29.1. The number of aliphatic hydroxyl groups is 2. The number of pyridine rings is 4. The van der Waals surface area contributed by atoms with Gasteiger partial charge in [0.2, 0.25) is 0 Å². The van der Waals surface area contributed by atoms with Gasteiger partial charge in [-0.05, 0) is 53.5 Å². The molecule has 6 aromatic heterocycles. The molecule has 0 aliphatic heterocycles. The molecule has 0 atom stereocenters. The van der Waals surface area contributed by atoms with Crippen molar-refractivity contribution in [1.82, 2.24) is 19.9 Å². The summed E-state index contributed by atoms with van der Waals surface area (Å²) in [7, 11) is 2.00. The Kier molecular flexibility index (Phi) is 24.3. The maximum absolute atomic E-state index is 7.00. The summed E-state index contributed by atoms with van der Waals surface area (Å²) in [5.41, 5.74) is 9.76. The van der Waals surface area contributed by atoms with Crippen molar-refractivity contribution in [2.45, 2.75) is 7.43 Å². The summed E-state index contributed by atoms with van der Waals surface area (Å²) >= 11 is 0. The molecule has 0 bridgehead atoms. The second-order valence-corrected chi connectivity index (χ2v) is 11.6. The van der Waals surface area contributed by atoms with Crippen LogP contribution in [0.3, 0.4) is 0 Å².